The molecule has 1 unspecified atom stereocenters. The lowest BCUT2D eigenvalue weighted by atomic mass is 9.81. The summed E-state index contributed by atoms with van der Waals surface area (Å²) in [5.41, 5.74) is 3.62. The van der Waals surface area contributed by atoms with E-state index in [1.165, 1.54) is 0 Å². The highest BCUT2D eigenvalue weighted by Crippen LogP contribution is 2.30. The summed E-state index contributed by atoms with van der Waals surface area (Å²) in [7, 11) is 0. The Morgan fingerprint density at radius 1 is 1.07 bits per heavy atom. The van der Waals surface area contributed by atoms with Crippen LogP contribution in [0.1, 0.15) is 36.5 Å². The smallest absolute Gasteiger partial charge is 0.321 e. The standard InChI is InChI=1S/C23H29N3O2/c1-17-9-11-20(12-10-17)25-22(28)26-14-6-13-23(3,16-26)21(27)24-15-19-8-5-4-7-18(19)2/h4-5,7-12H,6,13-16H2,1-3H3,(H,24,27)(H,25,28). The number of nitrogens with zero attached hydrogens (tertiary/aromatic N) is 1. The van der Waals surface area contributed by atoms with Crippen LogP contribution >= 0.6 is 0 Å². The highest BCUT2D eigenvalue weighted by atomic mass is 16.2. The number of piperidine rings is 1. The number of carbonyl (C=O) groups excluding carboxylic acids is 2. The predicted molar refractivity (Wildman–Crippen MR) is 112 cm³/mol. The van der Waals surface area contributed by atoms with E-state index in [2.05, 4.69) is 10.6 Å². The van der Waals surface area contributed by atoms with Gasteiger partial charge < -0.3 is 15.5 Å². The van der Waals surface area contributed by atoms with E-state index in [0.717, 1.165) is 35.2 Å². The summed E-state index contributed by atoms with van der Waals surface area (Å²) < 4.78 is 0. The fourth-order valence-corrected chi connectivity index (χ4v) is 3.63. The lowest BCUT2D eigenvalue weighted by molar-refractivity contribution is -0.132. The summed E-state index contributed by atoms with van der Waals surface area (Å²) in [6.45, 7) is 7.60. The van der Waals surface area contributed by atoms with E-state index in [1.54, 1.807) is 4.90 Å². The molecule has 0 spiro atoms. The van der Waals surface area contributed by atoms with Crippen molar-refractivity contribution in [3.63, 3.8) is 0 Å². The number of rotatable bonds is 4. The maximum atomic E-state index is 12.9. The Balaban J connectivity index is 1.60. The van der Waals surface area contributed by atoms with E-state index in [4.69, 9.17) is 0 Å². The molecule has 5 heteroatoms. The zero-order valence-corrected chi connectivity index (χ0v) is 16.9. The van der Waals surface area contributed by atoms with Gasteiger partial charge in [-0.3, -0.25) is 4.79 Å². The van der Waals surface area contributed by atoms with Gasteiger partial charge in [0.1, 0.15) is 0 Å². The number of carbonyl (C=O) groups is 2. The summed E-state index contributed by atoms with van der Waals surface area (Å²) in [5.74, 6) is 0.00332. The molecule has 1 aliphatic rings. The van der Waals surface area contributed by atoms with E-state index in [-0.39, 0.29) is 11.9 Å². The van der Waals surface area contributed by atoms with Crippen LogP contribution in [0, 0.1) is 19.3 Å². The van der Waals surface area contributed by atoms with Crippen molar-refractivity contribution in [1.82, 2.24) is 10.2 Å². The molecule has 0 bridgehead atoms. The van der Waals surface area contributed by atoms with E-state index in [1.807, 2.05) is 69.3 Å². The summed E-state index contributed by atoms with van der Waals surface area (Å²) in [4.78, 5) is 27.3. The largest absolute Gasteiger partial charge is 0.351 e. The number of amides is 3. The number of benzene rings is 2. The summed E-state index contributed by atoms with van der Waals surface area (Å²) in [6, 6.07) is 15.6. The summed E-state index contributed by atoms with van der Waals surface area (Å²) in [5, 5.41) is 6.00. The summed E-state index contributed by atoms with van der Waals surface area (Å²) >= 11 is 0. The van der Waals surface area contributed by atoms with Crippen LogP contribution in [0.4, 0.5) is 10.5 Å². The van der Waals surface area contributed by atoms with Crippen LogP contribution in [-0.2, 0) is 11.3 Å². The van der Waals surface area contributed by atoms with Crippen molar-refractivity contribution < 1.29 is 9.59 Å². The van der Waals surface area contributed by atoms with Crippen LogP contribution < -0.4 is 10.6 Å². The molecule has 0 aliphatic carbocycles. The van der Waals surface area contributed by atoms with E-state index in [0.29, 0.717) is 19.6 Å². The fourth-order valence-electron chi connectivity index (χ4n) is 3.63. The first kappa shape index (κ1) is 19.9. The van der Waals surface area contributed by atoms with E-state index in [9.17, 15) is 9.59 Å². The maximum Gasteiger partial charge on any atom is 0.321 e. The number of likely N-dealkylation sites (tertiary alicyclic amines) is 1. The molecule has 1 aliphatic heterocycles. The van der Waals surface area contributed by atoms with Crippen molar-refractivity contribution in [2.24, 2.45) is 5.41 Å². The van der Waals surface area contributed by atoms with Gasteiger partial charge in [-0.25, -0.2) is 4.79 Å². The lowest BCUT2D eigenvalue weighted by Gasteiger charge is -2.39. The summed E-state index contributed by atoms with van der Waals surface area (Å²) in [6.07, 6.45) is 1.59. The Morgan fingerprint density at radius 2 is 1.79 bits per heavy atom. The van der Waals surface area contributed by atoms with Crippen LogP contribution in [0.25, 0.3) is 0 Å². The van der Waals surface area contributed by atoms with Crippen LogP contribution in [0.5, 0.6) is 0 Å². The molecule has 2 aromatic rings. The molecule has 1 atom stereocenters. The average molecular weight is 380 g/mol. The SMILES string of the molecule is Cc1ccc(NC(=O)N2CCCC(C)(C(=O)NCc3ccccc3C)C2)cc1. The third kappa shape index (κ3) is 4.71. The number of urea groups is 1. The fraction of sp³-hybridized carbons (Fsp3) is 0.391. The third-order valence-corrected chi connectivity index (χ3v) is 5.54. The van der Waals surface area contributed by atoms with Gasteiger partial charge in [-0.2, -0.15) is 0 Å². The van der Waals surface area contributed by atoms with Crippen molar-refractivity contribution in [2.75, 3.05) is 18.4 Å². The Labute approximate surface area is 167 Å². The third-order valence-electron chi connectivity index (χ3n) is 5.54. The minimum absolute atomic E-state index is 0.00332. The van der Waals surface area contributed by atoms with Gasteiger partial charge in [0.05, 0.1) is 5.41 Å². The van der Waals surface area contributed by atoms with Crippen LogP contribution in [0.2, 0.25) is 0 Å². The van der Waals surface area contributed by atoms with Crippen LogP contribution in [0.3, 0.4) is 0 Å². The molecule has 0 saturated carbocycles. The zero-order chi connectivity index (χ0) is 20.1. The molecule has 3 amide bonds. The molecule has 1 heterocycles. The number of nitrogens with one attached hydrogen (secondary N) is 2. The molecule has 148 valence electrons. The zero-order valence-electron chi connectivity index (χ0n) is 16.9. The second-order valence-corrected chi connectivity index (χ2v) is 7.99. The molecule has 0 aromatic heterocycles. The second-order valence-electron chi connectivity index (χ2n) is 7.99. The second kappa shape index (κ2) is 8.46. The minimum Gasteiger partial charge on any atom is -0.351 e. The molecule has 5 nitrogen and oxygen atoms in total. The van der Waals surface area contributed by atoms with Crippen LogP contribution in [0.15, 0.2) is 48.5 Å². The first-order chi connectivity index (χ1) is 13.4. The quantitative estimate of drug-likeness (QED) is 0.834. The molecule has 2 N–H and O–H groups in total. The Bertz CT molecular complexity index is 847. The molecule has 1 saturated heterocycles. The van der Waals surface area contributed by atoms with Crippen molar-refractivity contribution in [3.05, 3.63) is 65.2 Å². The van der Waals surface area contributed by atoms with E-state index >= 15 is 0 Å². The van der Waals surface area contributed by atoms with Gasteiger partial charge in [-0.1, -0.05) is 42.0 Å². The normalized spacial score (nSPS) is 19.2. The molecule has 2 aromatic carbocycles. The highest BCUT2D eigenvalue weighted by Gasteiger charge is 2.39. The molecule has 3 rings (SSSR count). The van der Waals surface area contributed by atoms with Gasteiger partial charge in [0.25, 0.3) is 0 Å². The van der Waals surface area contributed by atoms with Crippen LogP contribution in [-0.4, -0.2) is 29.9 Å². The monoisotopic (exact) mass is 379 g/mol. The molecule has 28 heavy (non-hydrogen) atoms. The van der Waals surface area contributed by atoms with Gasteiger partial charge in [0.2, 0.25) is 5.91 Å². The number of aryl methyl sites for hydroxylation is 2. The molecule has 1 fully saturated rings. The Morgan fingerprint density at radius 3 is 2.50 bits per heavy atom. The maximum absolute atomic E-state index is 12.9. The Kier molecular flexibility index (Phi) is 6.02. The van der Waals surface area contributed by atoms with Gasteiger partial charge in [-0.05, 0) is 56.9 Å². The number of anilines is 1. The van der Waals surface area contributed by atoms with Crippen molar-refractivity contribution in [3.8, 4) is 0 Å². The van der Waals surface area contributed by atoms with Crippen molar-refractivity contribution in [2.45, 2.75) is 40.2 Å². The molecule has 0 radical (unpaired) electrons. The highest BCUT2D eigenvalue weighted by molar-refractivity contribution is 5.90. The first-order valence-corrected chi connectivity index (χ1v) is 9.83. The van der Waals surface area contributed by atoms with Crippen molar-refractivity contribution >= 4 is 17.6 Å². The lowest BCUT2D eigenvalue weighted by Crippen LogP contribution is -2.52. The first-order valence-electron chi connectivity index (χ1n) is 9.83. The van der Waals surface area contributed by atoms with Gasteiger partial charge in [-0.15, -0.1) is 0 Å². The van der Waals surface area contributed by atoms with Gasteiger partial charge in [0, 0.05) is 25.3 Å². The predicted octanol–water partition coefficient (Wildman–Crippen LogP) is 4.25. The topological polar surface area (TPSA) is 61.4 Å². The Hall–Kier alpha value is -2.82. The van der Waals surface area contributed by atoms with Crippen molar-refractivity contribution in [1.29, 1.82) is 0 Å². The average Bonchev–Trinajstić information content (AvgIpc) is 2.69. The van der Waals surface area contributed by atoms with Gasteiger partial charge >= 0.3 is 6.03 Å². The molecular weight excluding hydrogens is 350 g/mol. The van der Waals surface area contributed by atoms with E-state index < -0.39 is 5.41 Å². The molecular formula is C23H29N3O2. The van der Waals surface area contributed by atoms with Gasteiger partial charge in [0.15, 0.2) is 0 Å². The number of hydrogen-bond acceptors (Lipinski definition) is 2. The number of hydrogen-bond donors (Lipinski definition) is 2. The minimum atomic E-state index is -0.578.